The summed E-state index contributed by atoms with van der Waals surface area (Å²) in [6, 6.07) is 7.11. The first-order valence-electron chi connectivity index (χ1n) is 8.45. The van der Waals surface area contributed by atoms with Gasteiger partial charge in [0.25, 0.3) is 5.91 Å². The van der Waals surface area contributed by atoms with Crippen LogP contribution in [0.5, 0.6) is 0 Å². The van der Waals surface area contributed by atoms with Gasteiger partial charge in [-0.3, -0.25) is 14.3 Å². The summed E-state index contributed by atoms with van der Waals surface area (Å²) in [6.07, 6.45) is -1.38. The molecular formula is C19H13ClF3N5O. The lowest BCUT2D eigenvalue weighted by Crippen LogP contribution is -2.38. The van der Waals surface area contributed by atoms with Crippen LogP contribution in [0.3, 0.4) is 0 Å². The molecule has 0 spiro atoms. The van der Waals surface area contributed by atoms with E-state index in [-0.39, 0.29) is 24.5 Å². The minimum absolute atomic E-state index is 0.0688. The van der Waals surface area contributed by atoms with Gasteiger partial charge in [-0.05, 0) is 23.8 Å². The molecule has 0 saturated carbocycles. The minimum atomic E-state index is -4.59. The smallest absolute Gasteiger partial charge is 0.304 e. The number of hydrogen-bond donors (Lipinski definition) is 0. The van der Waals surface area contributed by atoms with E-state index in [0.717, 1.165) is 6.07 Å². The third-order valence-electron chi connectivity index (χ3n) is 4.54. The number of nitrogens with zero attached hydrogens (tertiary/aromatic N) is 5. The lowest BCUT2D eigenvalue weighted by molar-refractivity contribution is -0.137. The van der Waals surface area contributed by atoms with Crippen molar-refractivity contribution in [3.05, 3.63) is 77.0 Å². The molecule has 0 aliphatic carbocycles. The predicted molar refractivity (Wildman–Crippen MR) is 98.7 cm³/mol. The maximum atomic E-state index is 13.1. The number of alkyl halides is 3. The standard InChI is InChI=1S/C19H13ClF3N5O/c1-11-9-28-16(12-5-3-7-24-8-12)25-26-17(28)18(29)27(11)10-13-4-2-6-14(15(13)20)19(21,22)23/h2-8H,1,9-10H2. The van der Waals surface area contributed by atoms with Gasteiger partial charge in [0, 0.05) is 23.7 Å². The maximum Gasteiger partial charge on any atom is 0.417 e. The van der Waals surface area contributed by atoms with Gasteiger partial charge in [0.2, 0.25) is 5.82 Å². The Balaban J connectivity index is 1.67. The second kappa shape index (κ2) is 7.00. The first kappa shape index (κ1) is 19.1. The lowest BCUT2D eigenvalue weighted by Gasteiger charge is -2.30. The first-order valence-corrected chi connectivity index (χ1v) is 8.83. The van der Waals surface area contributed by atoms with Gasteiger partial charge in [-0.1, -0.05) is 30.3 Å². The molecule has 0 unspecified atom stereocenters. The average molecular weight is 420 g/mol. The van der Waals surface area contributed by atoms with Gasteiger partial charge >= 0.3 is 6.18 Å². The van der Waals surface area contributed by atoms with Crippen molar-refractivity contribution in [2.24, 2.45) is 0 Å². The summed E-state index contributed by atoms with van der Waals surface area (Å²) in [5.74, 6) is 0.0103. The SMILES string of the molecule is C=C1Cn2c(nnc2-c2cccnc2)C(=O)N1Cc1cccc(C(F)(F)F)c1Cl. The first-order chi connectivity index (χ1) is 13.8. The van der Waals surface area contributed by atoms with E-state index in [9.17, 15) is 18.0 Å². The number of pyridine rings is 1. The van der Waals surface area contributed by atoms with Crippen LogP contribution in [0.25, 0.3) is 11.4 Å². The Morgan fingerprint density at radius 2 is 1.90 bits per heavy atom. The Labute approximate surface area is 168 Å². The number of amides is 1. The summed E-state index contributed by atoms with van der Waals surface area (Å²) in [5.41, 5.74) is 0.285. The Morgan fingerprint density at radius 1 is 1.14 bits per heavy atom. The predicted octanol–water partition coefficient (Wildman–Crippen LogP) is 4.18. The zero-order valence-corrected chi connectivity index (χ0v) is 15.6. The molecule has 1 aliphatic heterocycles. The fourth-order valence-corrected chi connectivity index (χ4v) is 3.42. The van der Waals surface area contributed by atoms with Crippen molar-refractivity contribution in [1.29, 1.82) is 0 Å². The van der Waals surface area contributed by atoms with Gasteiger partial charge in [0.1, 0.15) is 0 Å². The highest BCUT2D eigenvalue weighted by molar-refractivity contribution is 6.32. The van der Waals surface area contributed by atoms with Gasteiger partial charge in [0.05, 0.1) is 23.7 Å². The van der Waals surface area contributed by atoms with Crippen molar-refractivity contribution < 1.29 is 18.0 Å². The van der Waals surface area contributed by atoms with Crippen LogP contribution in [0.15, 0.2) is 55.0 Å². The Hall–Kier alpha value is -3.20. The molecule has 0 saturated heterocycles. The Kier molecular flexibility index (Phi) is 4.62. The van der Waals surface area contributed by atoms with E-state index in [2.05, 4.69) is 21.8 Å². The molecule has 0 bridgehead atoms. The summed E-state index contributed by atoms with van der Waals surface area (Å²) in [4.78, 5) is 18.2. The summed E-state index contributed by atoms with van der Waals surface area (Å²) >= 11 is 5.96. The molecule has 1 aliphatic rings. The third-order valence-corrected chi connectivity index (χ3v) is 4.99. The molecule has 1 amide bonds. The lowest BCUT2D eigenvalue weighted by atomic mass is 10.1. The number of rotatable bonds is 3. The highest BCUT2D eigenvalue weighted by Crippen LogP contribution is 2.37. The number of carbonyl (C=O) groups excluding carboxylic acids is 1. The van der Waals surface area contributed by atoms with Crippen LogP contribution in [-0.4, -0.2) is 30.6 Å². The van der Waals surface area contributed by atoms with E-state index in [1.807, 2.05) is 0 Å². The van der Waals surface area contributed by atoms with Crippen molar-refractivity contribution in [2.75, 3.05) is 0 Å². The minimum Gasteiger partial charge on any atom is -0.304 e. The Morgan fingerprint density at radius 3 is 2.59 bits per heavy atom. The topological polar surface area (TPSA) is 63.9 Å². The van der Waals surface area contributed by atoms with Crippen LogP contribution in [0, 0.1) is 0 Å². The van der Waals surface area contributed by atoms with Crippen molar-refractivity contribution in [2.45, 2.75) is 19.3 Å². The monoisotopic (exact) mass is 419 g/mol. The number of allylic oxidation sites excluding steroid dienone is 1. The fourth-order valence-electron chi connectivity index (χ4n) is 3.13. The number of benzene rings is 1. The van der Waals surface area contributed by atoms with Gasteiger partial charge in [-0.15, -0.1) is 10.2 Å². The highest BCUT2D eigenvalue weighted by Gasteiger charge is 2.36. The molecule has 0 fully saturated rings. The molecule has 2 aromatic heterocycles. The summed E-state index contributed by atoms with van der Waals surface area (Å²) in [7, 11) is 0. The van der Waals surface area contributed by atoms with Gasteiger partial charge < -0.3 is 4.90 Å². The van der Waals surface area contributed by atoms with E-state index in [0.29, 0.717) is 17.1 Å². The van der Waals surface area contributed by atoms with Crippen LogP contribution in [0.1, 0.15) is 21.7 Å². The van der Waals surface area contributed by atoms with Crippen LogP contribution < -0.4 is 0 Å². The highest BCUT2D eigenvalue weighted by atomic mass is 35.5. The Bertz CT molecular complexity index is 1110. The van der Waals surface area contributed by atoms with E-state index < -0.39 is 22.7 Å². The molecule has 10 heteroatoms. The molecule has 0 N–H and O–H groups in total. The van der Waals surface area contributed by atoms with E-state index in [4.69, 9.17) is 11.6 Å². The molecule has 1 aromatic carbocycles. The number of hydrogen-bond acceptors (Lipinski definition) is 4. The molecular weight excluding hydrogens is 407 g/mol. The van der Waals surface area contributed by atoms with Crippen molar-refractivity contribution >= 4 is 17.5 Å². The van der Waals surface area contributed by atoms with Gasteiger partial charge in [-0.25, -0.2) is 0 Å². The largest absolute Gasteiger partial charge is 0.417 e. The number of aromatic nitrogens is 4. The summed E-state index contributed by atoms with van der Waals surface area (Å²) in [6.45, 7) is 3.95. The zero-order valence-electron chi connectivity index (χ0n) is 14.8. The molecule has 29 heavy (non-hydrogen) atoms. The van der Waals surface area contributed by atoms with Crippen molar-refractivity contribution in [3.8, 4) is 11.4 Å². The fraction of sp³-hybridized carbons (Fsp3) is 0.158. The molecule has 0 radical (unpaired) electrons. The number of carbonyl (C=O) groups is 1. The van der Waals surface area contributed by atoms with Gasteiger partial charge in [-0.2, -0.15) is 13.2 Å². The van der Waals surface area contributed by atoms with E-state index >= 15 is 0 Å². The second-order valence-electron chi connectivity index (χ2n) is 6.41. The molecule has 148 valence electrons. The van der Waals surface area contributed by atoms with Crippen LogP contribution in [-0.2, 0) is 19.3 Å². The third kappa shape index (κ3) is 3.38. The normalized spacial score (nSPS) is 14.3. The van der Waals surface area contributed by atoms with Crippen LogP contribution in [0.4, 0.5) is 13.2 Å². The van der Waals surface area contributed by atoms with Gasteiger partial charge in [0.15, 0.2) is 5.82 Å². The van der Waals surface area contributed by atoms with Crippen LogP contribution in [0.2, 0.25) is 5.02 Å². The molecule has 4 rings (SSSR count). The number of halogens is 4. The summed E-state index contributed by atoms with van der Waals surface area (Å²) < 4.78 is 40.9. The van der Waals surface area contributed by atoms with E-state index in [1.165, 1.54) is 17.0 Å². The van der Waals surface area contributed by atoms with Crippen molar-refractivity contribution in [1.82, 2.24) is 24.6 Å². The molecule has 6 nitrogen and oxygen atoms in total. The summed E-state index contributed by atoms with van der Waals surface area (Å²) in [5, 5.41) is 7.59. The quantitative estimate of drug-likeness (QED) is 0.639. The number of fused-ring (bicyclic) bond motifs is 1. The van der Waals surface area contributed by atoms with Crippen LogP contribution >= 0.6 is 11.6 Å². The maximum absolute atomic E-state index is 13.1. The van der Waals surface area contributed by atoms with Crippen molar-refractivity contribution in [3.63, 3.8) is 0 Å². The molecule has 3 heterocycles. The molecule has 3 aromatic rings. The van der Waals surface area contributed by atoms with E-state index in [1.54, 1.807) is 29.1 Å². The second-order valence-corrected chi connectivity index (χ2v) is 6.79. The molecule has 0 atom stereocenters. The zero-order chi connectivity index (χ0) is 20.8. The average Bonchev–Trinajstić information content (AvgIpc) is 3.10.